The summed E-state index contributed by atoms with van der Waals surface area (Å²) in [5, 5.41) is 0. The van der Waals surface area contributed by atoms with E-state index in [-0.39, 0.29) is 0 Å². The monoisotopic (exact) mass is 113 g/mol. The molecule has 0 amide bonds. The first-order chi connectivity index (χ1) is 3.31. The number of hydrogen-bond donors (Lipinski definition) is 1. The van der Waals surface area contributed by atoms with Gasteiger partial charge in [-0.2, -0.15) is 0 Å². The van der Waals surface area contributed by atoms with Crippen molar-refractivity contribution in [3.8, 4) is 0 Å². The van der Waals surface area contributed by atoms with Crippen LogP contribution in [-0.2, 0) is 0 Å². The van der Waals surface area contributed by atoms with Crippen LogP contribution in [0.25, 0.3) is 0 Å². The summed E-state index contributed by atoms with van der Waals surface area (Å²) < 4.78 is 0. The fourth-order valence-corrected chi connectivity index (χ4v) is 0.558. The second-order valence-electron chi connectivity index (χ2n) is 1.57. The van der Waals surface area contributed by atoms with Crippen molar-refractivity contribution in [2.75, 3.05) is 5.75 Å². The summed E-state index contributed by atoms with van der Waals surface area (Å²) in [4.78, 5) is 0. The third-order valence-electron chi connectivity index (χ3n) is 0.774. The van der Waals surface area contributed by atoms with Gasteiger partial charge in [0, 0.05) is 0 Å². The number of thiol groups is 1. The SMILES string of the molecule is [B]=C(CS)CCC. The molecule has 0 aliphatic heterocycles. The van der Waals surface area contributed by atoms with E-state index in [0.29, 0.717) is 0 Å². The normalized spacial score (nSPS) is 8.71. The van der Waals surface area contributed by atoms with E-state index in [2.05, 4.69) is 19.6 Å². The van der Waals surface area contributed by atoms with Crippen LogP contribution in [0, 0.1) is 0 Å². The Balaban J connectivity index is 3.00. The molecular formula is C5H10BS. The maximum atomic E-state index is 5.42. The third-order valence-corrected chi connectivity index (χ3v) is 1.18. The van der Waals surface area contributed by atoms with Crippen molar-refractivity contribution < 1.29 is 0 Å². The van der Waals surface area contributed by atoms with Gasteiger partial charge in [0.15, 0.2) is 0 Å². The van der Waals surface area contributed by atoms with Gasteiger partial charge in [-0.05, 0) is 0 Å². The fourth-order valence-electron chi connectivity index (χ4n) is 0.400. The number of rotatable bonds is 3. The van der Waals surface area contributed by atoms with E-state index in [0.717, 1.165) is 24.1 Å². The Kier molecular flexibility index (Phi) is 4.62. The molecule has 0 aromatic heterocycles. The Morgan fingerprint density at radius 3 is 2.43 bits per heavy atom. The van der Waals surface area contributed by atoms with E-state index in [1.54, 1.807) is 0 Å². The van der Waals surface area contributed by atoms with E-state index >= 15 is 0 Å². The van der Waals surface area contributed by atoms with Gasteiger partial charge >= 0.3 is 51.1 Å². The molecule has 7 heavy (non-hydrogen) atoms. The van der Waals surface area contributed by atoms with Gasteiger partial charge in [0.05, 0.1) is 0 Å². The second-order valence-corrected chi connectivity index (χ2v) is 1.88. The van der Waals surface area contributed by atoms with Gasteiger partial charge in [-0.1, -0.05) is 0 Å². The molecular weight excluding hydrogens is 103 g/mol. The fraction of sp³-hybridized carbons (Fsp3) is 0.800. The van der Waals surface area contributed by atoms with E-state index < -0.39 is 0 Å². The minimum absolute atomic E-state index is 0.730. The minimum atomic E-state index is 0.730. The van der Waals surface area contributed by atoms with Crippen LogP contribution >= 0.6 is 12.6 Å². The van der Waals surface area contributed by atoms with Crippen molar-refractivity contribution in [3.63, 3.8) is 0 Å². The van der Waals surface area contributed by atoms with Crippen molar-refractivity contribution in [3.05, 3.63) is 0 Å². The molecule has 0 saturated carbocycles. The average molecular weight is 113 g/mol. The van der Waals surface area contributed by atoms with Crippen molar-refractivity contribution in [2.45, 2.75) is 19.8 Å². The van der Waals surface area contributed by atoms with Crippen LogP contribution < -0.4 is 0 Å². The summed E-state index contributed by atoms with van der Waals surface area (Å²) in [5.41, 5.74) is 0.992. The first-order valence-electron chi connectivity index (χ1n) is 2.52. The van der Waals surface area contributed by atoms with Gasteiger partial charge in [-0.3, -0.25) is 0 Å². The Labute approximate surface area is 51.8 Å². The average Bonchev–Trinajstić information content (AvgIpc) is 1.68. The van der Waals surface area contributed by atoms with Crippen LogP contribution in [0.3, 0.4) is 0 Å². The van der Waals surface area contributed by atoms with E-state index in [1.165, 1.54) is 0 Å². The Bertz CT molecular complexity index is 61.1. The molecule has 0 N–H and O–H groups in total. The molecule has 0 aliphatic rings. The molecule has 0 atom stereocenters. The molecule has 0 spiro atoms. The predicted molar refractivity (Wildman–Crippen MR) is 39.5 cm³/mol. The molecule has 0 rings (SSSR count). The zero-order valence-electron chi connectivity index (χ0n) is 4.65. The van der Waals surface area contributed by atoms with Crippen LogP contribution in [0.15, 0.2) is 0 Å². The molecule has 39 valence electrons. The molecule has 0 aliphatic carbocycles. The van der Waals surface area contributed by atoms with Crippen LogP contribution in [0.5, 0.6) is 0 Å². The first kappa shape index (κ1) is 7.28. The van der Waals surface area contributed by atoms with E-state index in [9.17, 15) is 0 Å². The molecule has 2 heteroatoms. The van der Waals surface area contributed by atoms with Crippen molar-refractivity contribution >= 4 is 25.6 Å². The molecule has 0 aromatic carbocycles. The molecule has 0 fully saturated rings. The van der Waals surface area contributed by atoms with E-state index in [4.69, 9.17) is 7.49 Å². The maximum absolute atomic E-state index is 5.42. The first-order valence-corrected chi connectivity index (χ1v) is 3.15. The van der Waals surface area contributed by atoms with Gasteiger partial charge in [0.2, 0.25) is 0 Å². The van der Waals surface area contributed by atoms with Crippen LogP contribution in [0.2, 0.25) is 0 Å². The van der Waals surface area contributed by atoms with Gasteiger partial charge < -0.3 is 0 Å². The molecule has 1 radical (unpaired) electrons. The summed E-state index contributed by atoms with van der Waals surface area (Å²) in [6.07, 6.45) is 2.15. The van der Waals surface area contributed by atoms with E-state index in [1.807, 2.05) is 0 Å². The van der Waals surface area contributed by atoms with Crippen LogP contribution in [0.1, 0.15) is 19.8 Å². The Morgan fingerprint density at radius 2 is 2.29 bits per heavy atom. The van der Waals surface area contributed by atoms with Crippen molar-refractivity contribution in [2.24, 2.45) is 0 Å². The topological polar surface area (TPSA) is 0 Å². The standard InChI is InChI=1S/C5H10BS/c1-2-3-5(6)4-7/h7H,2-4H2,1H3. The summed E-state index contributed by atoms with van der Waals surface area (Å²) in [5.74, 6) is 0.730. The quantitative estimate of drug-likeness (QED) is 0.410. The molecule has 0 bridgehead atoms. The molecule has 0 saturated heterocycles. The molecule has 0 unspecified atom stereocenters. The van der Waals surface area contributed by atoms with Crippen molar-refractivity contribution in [1.82, 2.24) is 0 Å². The number of hydrogen-bond acceptors (Lipinski definition) is 1. The Hall–Kier alpha value is 0.285. The molecule has 0 aromatic rings. The summed E-state index contributed by atoms with van der Waals surface area (Å²) in [7, 11) is 5.42. The molecule has 0 nitrogen and oxygen atoms in total. The summed E-state index contributed by atoms with van der Waals surface area (Å²) in [6.45, 7) is 2.11. The van der Waals surface area contributed by atoms with Crippen LogP contribution in [0.4, 0.5) is 0 Å². The third kappa shape index (κ3) is 4.13. The summed E-state index contributed by atoms with van der Waals surface area (Å²) >= 11 is 3.99. The van der Waals surface area contributed by atoms with Gasteiger partial charge in [-0.25, -0.2) is 0 Å². The summed E-state index contributed by atoms with van der Waals surface area (Å²) in [6, 6.07) is 0. The van der Waals surface area contributed by atoms with Gasteiger partial charge in [0.25, 0.3) is 0 Å². The van der Waals surface area contributed by atoms with Crippen LogP contribution in [-0.4, -0.2) is 18.7 Å². The Morgan fingerprint density at radius 1 is 1.71 bits per heavy atom. The molecule has 0 heterocycles. The second kappa shape index (κ2) is 4.44. The van der Waals surface area contributed by atoms with Gasteiger partial charge in [-0.15, -0.1) is 0 Å². The van der Waals surface area contributed by atoms with Gasteiger partial charge in [0.1, 0.15) is 0 Å². The van der Waals surface area contributed by atoms with Crippen molar-refractivity contribution in [1.29, 1.82) is 0 Å². The predicted octanol–water partition coefficient (Wildman–Crippen LogP) is 1.06. The zero-order valence-corrected chi connectivity index (χ0v) is 5.54. The zero-order chi connectivity index (χ0) is 5.70.